The van der Waals surface area contributed by atoms with Crippen molar-refractivity contribution in [2.45, 2.75) is 20.3 Å². The first-order chi connectivity index (χ1) is 12.4. The Morgan fingerprint density at radius 3 is 1.92 bits per heavy atom. The molecule has 1 aromatic rings. The molecule has 2 rings (SSSR count). The largest absolute Gasteiger partial charge is 0.496 e. The molecular weight excluding hydrogens is 336 g/mol. The highest BCUT2D eigenvalue weighted by molar-refractivity contribution is 6.00. The van der Waals surface area contributed by atoms with Crippen molar-refractivity contribution in [3.05, 3.63) is 17.7 Å². The van der Waals surface area contributed by atoms with Gasteiger partial charge in [0.1, 0.15) is 22.8 Å². The van der Waals surface area contributed by atoms with Crippen molar-refractivity contribution in [1.29, 1.82) is 0 Å². The van der Waals surface area contributed by atoms with Crippen LogP contribution < -0.4 is 14.2 Å². The lowest BCUT2D eigenvalue weighted by atomic mass is 10.1. The van der Waals surface area contributed by atoms with Gasteiger partial charge < -0.3 is 24.0 Å². The van der Waals surface area contributed by atoms with E-state index in [0.717, 1.165) is 6.42 Å². The van der Waals surface area contributed by atoms with Crippen LogP contribution in [0.3, 0.4) is 0 Å². The van der Waals surface area contributed by atoms with E-state index in [4.69, 9.17) is 14.2 Å². The number of amides is 2. The Hall–Kier alpha value is -2.44. The monoisotopic (exact) mass is 364 g/mol. The number of rotatable bonds is 5. The van der Waals surface area contributed by atoms with Crippen LogP contribution in [0.4, 0.5) is 0 Å². The number of benzene rings is 1. The third-order valence-corrected chi connectivity index (χ3v) is 4.52. The van der Waals surface area contributed by atoms with E-state index < -0.39 is 0 Å². The number of hydrogen-bond acceptors (Lipinski definition) is 5. The lowest BCUT2D eigenvalue weighted by Gasteiger charge is -2.24. The van der Waals surface area contributed by atoms with E-state index in [-0.39, 0.29) is 17.7 Å². The number of ether oxygens (including phenoxy) is 3. The molecule has 0 unspecified atom stereocenters. The van der Waals surface area contributed by atoms with Crippen LogP contribution in [-0.4, -0.2) is 69.1 Å². The molecule has 0 N–H and O–H groups in total. The Morgan fingerprint density at radius 2 is 1.42 bits per heavy atom. The predicted molar refractivity (Wildman–Crippen MR) is 98.0 cm³/mol. The third-order valence-electron chi connectivity index (χ3n) is 4.52. The molecule has 0 aliphatic carbocycles. The normalized spacial score (nSPS) is 14.8. The molecule has 0 aromatic heterocycles. The fraction of sp³-hybridized carbons (Fsp3) is 0.579. The van der Waals surface area contributed by atoms with Gasteiger partial charge in [0.2, 0.25) is 5.91 Å². The molecule has 2 amide bonds. The maximum atomic E-state index is 13.1. The van der Waals surface area contributed by atoms with Crippen molar-refractivity contribution in [3.8, 4) is 17.2 Å². The maximum absolute atomic E-state index is 13.1. The summed E-state index contributed by atoms with van der Waals surface area (Å²) in [6.45, 7) is 6.04. The molecule has 0 saturated carbocycles. The molecule has 26 heavy (non-hydrogen) atoms. The SMILES string of the molecule is COc1cc(OC)c(C(=O)N2CCCN(C(=O)C(C)C)CC2)c(OC)c1. The quantitative estimate of drug-likeness (QED) is 0.800. The van der Waals surface area contributed by atoms with Gasteiger partial charge in [0, 0.05) is 44.2 Å². The molecule has 7 heteroatoms. The van der Waals surface area contributed by atoms with Crippen molar-refractivity contribution in [2.24, 2.45) is 5.92 Å². The van der Waals surface area contributed by atoms with Gasteiger partial charge >= 0.3 is 0 Å². The summed E-state index contributed by atoms with van der Waals surface area (Å²) in [5.41, 5.74) is 0.374. The lowest BCUT2D eigenvalue weighted by molar-refractivity contribution is -0.134. The highest BCUT2D eigenvalue weighted by Crippen LogP contribution is 2.35. The number of methoxy groups -OCH3 is 3. The van der Waals surface area contributed by atoms with Gasteiger partial charge in [0.05, 0.1) is 21.3 Å². The molecule has 0 spiro atoms. The highest BCUT2D eigenvalue weighted by Gasteiger charge is 2.28. The van der Waals surface area contributed by atoms with Gasteiger partial charge in [-0.3, -0.25) is 9.59 Å². The number of hydrogen-bond donors (Lipinski definition) is 0. The molecule has 144 valence electrons. The second kappa shape index (κ2) is 8.78. The number of carbonyl (C=O) groups excluding carboxylic acids is 2. The zero-order chi connectivity index (χ0) is 19.3. The Morgan fingerprint density at radius 1 is 0.885 bits per heavy atom. The summed E-state index contributed by atoms with van der Waals surface area (Å²) in [6.07, 6.45) is 0.741. The second-order valence-corrected chi connectivity index (χ2v) is 6.53. The Bertz CT molecular complexity index is 634. The summed E-state index contributed by atoms with van der Waals surface area (Å²) in [4.78, 5) is 29.0. The van der Waals surface area contributed by atoms with Crippen LogP contribution in [-0.2, 0) is 4.79 Å². The Labute approximate surface area is 154 Å². The van der Waals surface area contributed by atoms with Crippen molar-refractivity contribution in [3.63, 3.8) is 0 Å². The summed E-state index contributed by atoms with van der Waals surface area (Å²) in [5.74, 6) is 1.29. The summed E-state index contributed by atoms with van der Waals surface area (Å²) in [7, 11) is 4.57. The van der Waals surface area contributed by atoms with Crippen LogP contribution in [0.2, 0.25) is 0 Å². The molecule has 1 aliphatic rings. The highest BCUT2D eigenvalue weighted by atomic mass is 16.5. The fourth-order valence-corrected chi connectivity index (χ4v) is 3.08. The van der Waals surface area contributed by atoms with E-state index in [1.165, 1.54) is 14.2 Å². The first-order valence-corrected chi connectivity index (χ1v) is 8.81. The molecule has 0 atom stereocenters. The van der Waals surface area contributed by atoms with Crippen LogP contribution in [0.1, 0.15) is 30.6 Å². The minimum Gasteiger partial charge on any atom is -0.496 e. The third kappa shape index (κ3) is 4.20. The summed E-state index contributed by atoms with van der Waals surface area (Å²) < 4.78 is 16.0. The fourth-order valence-electron chi connectivity index (χ4n) is 3.08. The molecule has 1 aliphatic heterocycles. The first-order valence-electron chi connectivity index (χ1n) is 8.81. The number of carbonyl (C=O) groups is 2. The zero-order valence-electron chi connectivity index (χ0n) is 16.2. The summed E-state index contributed by atoms with van der Waals surface area (Å²) >= 11 is 0. The van der Waals surface area contributed by atoms with Crippen LogP contribution in [0.25, 0.3) is 0 Å². The maximum Gasteiger partial charge on any atom is 0.261 e. The van der Waals surface area contributed by atoms with Gasteiger partial charge in [-0.25, -0.2) is 0 Å². The minimum atomic E-state index is -0.166. The summed E-state index contributed by atoms with van der Waals surface area (Å²) in [6, 6.07) is 3.34. The summed E-state index contributed by atoms with van der Waals surface area (Å²) in [5, 5.41) is 0. The van der Waals surface area contributed by atoms with Gasteiger partial charge in [-0.05, 0) is 6.42 Å². The zero-order valence-corrected chi connectivity index (χ0v) is 16.2. The Kier molecular flexibility index (Phi) is 6.71. The minimum absolute atomic E-state index is 0.0426. The molecule has 1 aromatic carbocycles. The van der Waals surface area contributed by atoms with Crippen molar-refractivity contribution in [1.82, 2.24) is 9.80 Å². The van der Waals surface area contributed by atoms with E-state index in [1.807, 2.05) is 18.7 Å². The van der Waals surface area contributed by atoms with E-state index >= 15 is 0 Å². The standard InChI is InChI=1S/C19H28N2O5/c1-13(2)18(22)20-7-6-8-21(10-9-20)19(23)17-15(25-4)11-14(24-3)12-16(17)26-5/h11-13H,6-10H2,1-5H3. The van der Waals surface area contributed by atoms with Gasteiger partial charge in [-0.2, -0.15) is 0 Å². The van der Waals surface area contributed by atoms with E-state index in [9.17, 15) is 9.59 Å². The molecular formula is C19H28N2O5. The average Bonchev–Trinajstić information content (AvgIpc) is 2.91. The molecule has 1 heterocycles. The predicted octanol–water partition coefficient (Wildman–Crippen LogP) is 2.04. The van der Waals surface area contributed by atoms with Gasteiger partial charge in [0.25, 0.3) is 5.91 Å². The average molecular weight is 364 g/mol. The van der Waals surface area contributed by atoms with Crippen molar-refractivity contribution < 1.29 is 23.8 Å². The van der Waals surface area contributed by atoms with Crippen LogP contribution >= 0.6 is 0 Å². The smallest absolute Gasteiger partial charge is 0.261 e. The van der Waals surface area contributed by atoms with Gasteiger partial charge in [0.15, 0.2) is 0 Å². The van der Waals surface area contributed by atoms with E-state index in [0.29, 0.717) is 49.0 Å². The molecule has 0 radical (unpaired) electrons. The van der Waals surface area contributed by atoms with Crippen LogP contribution in [0.5, 0.6) is 17.2 Å². The van der Waals surface area contributed by atoms with E-state index in [2.05, 4.69) is 0 Å². The van der Waals surface area contributed by atoms with E-state index in [1.54, 1.807) is 24.1 Å². The lowest BCUT2D eigenvalue weighted by Crippen LogP contribution is -2.39. The van der Waals surface area contributed by atoms with Crippen LogP contribution in [0.15, 0.2) is 12.1 Å². The van der Waals surface area contributed by atoms with Gasteiger partial charge in [-0.1, -0.05) is 13.8 Å². The van der Waals surface area contributed by atoms with Crippen molar-refractivity contribution >= 4 is 11.8 Å². The van der Waals surface area contributed by atoms with Crippen LogP contribution in [0, 0.1) is 5.92 Å². The molecule has 1 fully saturated rings. The van der Waals surface area contributed by atoms with Crippen molar-refractivity contribution in [2.75, 3.05) is 47.5 Å². The second-order valence-electron chi connectivity index (χ2n) is 6.53. The molecule has 7 nitrogen and oxygen atoms in total. The molecule has 1 saturated heterocycles. The first kappa shape index (κ1) is 19.9. The Balaban J connectivity index is 2.25. The number of nitrogens with zero attached hydrogens (tertiary/aromatic N) is 2. The topological polar surface area (TPSA) is 68.3 Å². The van der Waals surface area contributed by atoms with Gasteiger partial charge in [-0.15, -0.1) is 0 Å². The molecule has 0 bridgehead atoms.